The molecule has 38 heavy (non-hydrogen) atoms. The SMILES string of the molecule is CCCC(C)N1C/C=C\CCC(=O)NC[C@H](C)OC(=O)[C@@H]2[C@H]3C(=O)N(CCCCO)[C@H](C1=O)[C@]31C=C[C@H]2O1. The highest BCUT2D eigenvalue weighted by Crippen LogP contribution is 2.55. The number of hydrogen-bond donors (Lipinski definition) is 2. The Morgan fingerprint density at radius 3 is 2.71 bits per heavy atom. The van der Waals surface area contributed by atoms with Crippen LogP contribution in [0.3, 0.4) is 0 Å². The van der Waals surface area contributed by atoms with Gasteiger partial charge in [-0.05, 0) is 39.5 Å². The molecule has 0 aromatic carbocycles. The van der Waals surface area contributed by atoms with Crippen molar-refractivity contribution in [3.05, 3.63) is 24.3 Å². The molecule has 10 heteroatoms. The molecule has 0 aliphatic carbocycles. The summed E-state index contributed by atoms with van der Waals surface area (Å²) in [6.07, 6.45) is 9.62. The first-order chi connectivity index (χ1) is 18.2. The van der Waals surface area contributed by atoms with Crippen LogP contribution in [0.15, 0.2) is 24.3 Å². The van der Waals surface area contributed by atoms with Crippen LogP contribution in [0.2, 0.25) is 0 Å². The Kier molecular flexibility index (Phi) is 8.92. The van der Waals surface area contributed by atoms with E-state index in [0.29, 0.717) is 32.2 Å². The Hall–Kier alpha value is -2.72. The van der Waals surface area contributed by atoms with Gasteiger partial charge in [0, 0.05) is 32.2 Å². The fraction of sp³-hybridized carbons (Fsp3) is 0.714. The number of esters is 1. The minimum atomic E-state index is -1.25. The summed E-state index contributed by atoms with van der Waals surface area (Å²) in [5.41, 5.74) is -1.25. The number of nitrogens with zero attached hydrogens (tertiary/aromatic N) is 2. The van der Waals surface area contributed by atoms with Crippen LogP contribution in [-0.2, 0) is 28.7 Å². The Morgan fingerprint density at radius 1 is 1.18 bits per heavy atom. The number of nitrogens with one attached hydrogen (secondary N) is 1. The van der Waals surface area contributed by atoms with Gasteiger partial charge in [-0.3, -0.25) is 19.2 Å². The van der Waals surface area contributed by atoms with Gasteiger partial charge in [-0.1, -0.05) is 37.6 Å². The zero-order valence-corrected chi connectivity index (χ0v) is 22.6. The molecule has 7 atom stereocenters. The van der Waals surface area contributed by atoms with Crippen molar-refractivity contribution < 1.29 is 33.8 Å². The number of cyclic esters (lactones) is 1. The Labute approximate surface area is 224 Å². The molecule has 0 aromatic rings. The van der Waals surface area contributed by atoms with Crippen molar-refractivity contribution in [3.8, 4) is 0 Å². The molecule has 0 aromatic heterocycles. The summed E-state index contributed by atoms with van der Waals surface area (Å²) in [5.74, 6) is -2.97. The number of hydrogen-bond acceptors (Lipinski definition) is 7. The van der Waals surface area contributed by atoms with E-state index in [0.717, 1.165) is 12.8 Å². The molecule has 4 heterocycles. The van der Waals surface area contributed by atoms with Gasteiger partial charge in [-0.25, -0.2) is 0 Å². The summed E-state index contributed by atoms with van der Waals surface area (Å²) in [7, 11) is 0. The van der Waals surface area contributed by atoms with Gasteiger partial charge in [0.25, 0.3) is 0 Å². The van der Waals surface area contributed by atoms with E-state index < -0.39 is 41.7 Å². The maximum atomic E-state index is 14.4. The van der Waals surface area contributed by atoms with Gasteiger partial charge in [0.15, 0.2) is 0 Å². The van der Waals surface area contributed by atoms with Gasteiger partial charge < -0.3 is 29.7 Å². The highest BCUT2D eigenvalue weighted by molar-refractivity contribution is 5.99. The van der Waals surface area contributed by atoms with Crippen molar-refractivity contribution in [2.24, 2.45) is 11.8 Å². The predicted octanol–water partition coefficient (Wildman–Crippen LogP) is 1.32. The molecule has 2 saturated heterocycles. The number of unbranched alkanes of at least 4 members (excludes halogenated alkanes) is 1. The lowest BCUT2D eigenvalue weighted by molar-refractivity contribution is -0.158. The maximum Gasteiger partial charge on any atom is 0.313 e. The van der Waals surface area contributed by atoms with Crippen LogP contribution in [-0.4, -0.2) is 94.7 Å². The molecule has 3 amide bonds. The third-order valence-electron chi connectivity index (χ3n) is 8.12. The number of carbonyl (C=O) groups is 4. The smallest absolute Gasteiger partial charge is 0.313 e. The zero-order chi connectivity index (χ0) is 27.4. The summed E-state index contributed by atoms with van der Waals surface area (Å²) in [4.78, 5) is 57.3. The number of ether oxygens (including phenoxy) is 2. The number of fused-ring (bicyclic) bond motifs is 2. The van der Waals surface area contributed by atoms with E-state index in [1.165, 1.54) is 0 Å². The fourth-order valence-corrected chi connectivity index (χ4v) is 6.25. The van der Waals surface area contributed by atoms with Gasteiger partial charge in [0.05, 0.1) is 18.6 Å². The molecule has 2 N–H and O–H groups in total. The van der Waals surface area contributed by atoms with Crippen molar-refractivity contribution >= 4 is 23.7 Å². The summed E-state index contributed by atoms with van der Waals surface area (Å²) in [5, 5.41) is 12.1. The minimum Gasteiger partial charge on any atom is -0.460 e. The molecule has 0 radical (unpaired) electrons. The highest BCUT2D eigenvalue weighted by atomic mass is 16.6. The number of rotatable bonds is 7. The number of allylic oxidation sites excluding steroid dienone is 1. The molecule has 1 spiro atoms. The second kappa shape index (κ2) is 12.0. The molecule has 4 aliphatic heterocycles. The molecule has 4 rings (SSSR count). The lowest BCUT2D eigenvalue weighted by Crippen LogP contribution is -2.57. The van der Waals surface area contributed by atoms with Crippen molar-refractivity contribution in [1.29, 1.82) is 0 Å². The third-order valence-corrected chi connectivity index (χ3v) is 8.12. The second-order valence-electron chi connectivity index (χ2n) is 10.9. The Balaban J connectivity index is 1.74. The van der Waals surface area contributed by atoms with E-state index >= 15 is 0 Å². The lowest BCUT2D eigenvalue weighted by Gasteiger charge is -2.38. The van der Waals surface area contributed by atoms with Crippen LogP contribution in [0.4, 0.5) is 0 Å². The van der Waals surface area contributed by atoms with Crippen molar-refractivity contribution in [2.75, 3.05) is 26.2 Å². The number of carbonyl (C=O) groups excluding carboxylic acids is 4. The van der Waals surface area contributed by atoms with Crippen LogP contribution < -0.4 is 5.32 Å². The summed E-state index contributed by atoms with van der Waals surface area (Å²) >= 11 is 0. The quantitative estimate of drug-likeness (QED) is 0.288. The first-order valence-electron chi connectivity index (χ1n) is 14.0. The standard InChI is InChI=1S/C28H41N3O7/c1-4-10-18(2)30-14-7-5-6-11-21(33)29-17-19(3)37-27(36)22-20-12-13-28(38-20)23(22)25(34)31(15-8-9-16-32)24(28)26(30)35/h5,7,12-13,18-20,22-24,32H,4,6,8-11,14-17H2,1-3H3,(H,29,33)/b7-5-/t18?,19-,20+,22-,23-,24+,28-/m0/s1. The molecule has 210 valence electrons. The van der Waals surface area contributed by atoms with E-state index in [2.05, 4.69) is 12.2 Å². The predicted molar refractivity (Wildman–Crippen MR) is 139 cm³/mol. The zero-order valence-electron chi connectivity index (χ0n) is 22.6. The first-order valence-corrected chi connectivity index (χ1v) is 14.0. The van der Waals surface area contributed by atoms with Crippen molar-refractivity contribution in [2.45, 2.75) is 89.2 Å². The molecular formula is C28H41N3O7. The van der Waals surface area contributed by atoms with Crippen molar-refractivity contribution in [3.63, 3.8) is 0 Å². The second-order valence-corrected chi connectivity index (χ2v) is 10.9. The highest BCUT2D eigenvalue weighted by Gasteiger charge is 2.73. The average Bonchev–Trinajstić information content (AvgIpc) is 3.52. The Morgan fingerprint density at radius 2 is 1.97 bits per heavy atom. The molecule has 1 unspecified atom stereocenters. The van der Waals surface area contributed by atoms with Gasteiger partial charge in [0.1, 0.15) is 23.7 Å². The minimum absolute atomic E-state index is 0.0124. The van der Waals surface area contributed by atoms with Gasteiger partial charge in [-0.15, -0.1) is 0 Å². The molecule has 0 saturated carbocycles. The van der Waals surface area contributed by atoms with E-state index in [9.17, 15) is 24.3 Å². The van der Waals surface area contributed by atoms with E-state index in [1.54, 1.807) is 28.9 Å². The largest absolute Gasteiger partial charge is 0.460 e. The van der Waals surface area contributed by atoms with Gasteiger partial charge in [-0.2, -0.15) is 0 Å². The monoisotopic (exact) mass is 531 g/mol. The van der Waals surface area contributed by atoms with Crippen LogP contribution in [0.5, 0.6) is 0 Å². The maximum absolute atomic E-state index is 14.4. The van der Waals surface area contributed by atoms with Crippen LogP contribution in [0, 0.1) is 11.8 Å². The first kappa shape index (κ1) is 28.3. The van der Waals surface area contributed by atoms with Gasteiger partial charge >= 0.3 is 5.97 Å². The molecule has 10 nitrogen and oxygen atoms in total. The van der Waals surface area contributed by atoms with E-state index in [1.807, 2.05) is 19.1 Å². The third kappa shape index (κ3) is 5.25. The van der Waals surface area contributed by atoms with Gasteiger partial charge in [0.2, 0.25) is 17.7 Å². The van der Waals surface area contributed by atoms with Crippen LogP contribution in [0.25, 0.3) is 0 Å². The van der Waals surface area contributed by atoms with E-state index in [-0.39, 0.29) is 43.5 Å². The number of aliphatic hydroxyl groups excluding tert-OH is 1. The fourth-order valence-electron chi connectivity index (χ4n) is 6.25. The number of aliphatic hydroxyl groups is 1. The number of amides is 3. The normalized spacial score (nSPS) is 35.3. The lowest BCUT2D eigenvalue weighted by atomic mass is 9.74. The molecule has 5 bridgehead atoms. The summed E-state index contributed by atoms with van der Waals surface area (Å²) in [6.45, 7) is 6.54. The summed E-state index contributed by atoms with van der Waals surface area (Å²) < 4.78 is 12.1. The van der Waals surface area contributed by atoms with E-state index in [4.69, 9.17) is 9.47 Å². The van der Waals surface area contributed by atoms with Crippen molar-refractivity contribution in [1.82, 2.24) is 15.1 Å². The molecular weight excluding hydrogens is 490 g/mol. The summed E-state index contributed by atoms with van der Waals surface area (Å²) in [6, 6.07) is -1.00. The number of likely N-dealkylation sites (tertiary alicyclic amines) is 1. The van der Waals surface area contributed by atoms with Crippen LogP contribution in [0.1, 0.15) is 59.3 Å². The molecule has 2 fully saturated rings. The molecule has 4 aliphatic rings. The van der Waals surface area contributed by atoms with Crippen LogP contribution >= 0.6 is 0 Å². The Bertz CT molecular complexity index is 981. The topological polar surface area (TPSA) is 125 Å². The average molecular weight is 532 g/mol.